The van der Waals surface area contributed by atoms with Crippen molar-refractivity contribution in [2.45, 2.75) is 32.0 Å². The number of nitrogens with zero attached hydrogens (tertiary/aromatic N) is 6. The summed E-state index contributed by atoms with van der Waals surface area (Å²) >= 11 is 0. The summed E-state index contributed by atoms with van der Waals surface area (Å²) in [4.78, 5) is 20.3. The Balaban J connectivity index is 1.36. The van der Waals surface area contributed by atoms with Crippen LogP contribution in [0.2, 0.25) is 0 Å². The van der Waals surface area contributed by atoms with Crippen molar-refractivity contribution in [3.8, 4) is 11.3 Å². The van der Waals surface area contributed by atoms with Crippen molar-refractivity contribution in [3.63, 3.8) is 0 Å². The third-order valence-corrected chi connectivity index (χ3v) is 5.42. The van der Waals surface area contributed by atoms with Crippen LogP contribution in [0.25, 0.3) is 11.3 Å². The number of fused-ring (bicyclic) bond motifs is 1. The Hall–Kier alpha value is -3.00. The number of rotatable bonds is 4. The van der Waals surface area contributed by atoms with Crippen molar-refractivity contribution in [3.05, 3.63) is 48.7 Å². The summed E-state index contributed by atoms with van der Waals surface area (Å²) in [6, 6.07) is 10.7. The number of imidazole rings is 1. The highest BCUT2D eigenvalue weighted by Crippen LogP contribution is 2.27. The molecule has 28 heavy (non-hydrogen) atoms. The van der Waals surface area contributed by atoms with E-state index in [0.717, 1.165) is 50.4 Å². The maximum atomic E-state index is 4.69. The van der Waals surface area contributed by atoms with E-state index in [4.69, 9.17) is 0 Å². The monoisotopic (exact) mass is 376 g/mol. The van der Waals surface area contributed by atoms with Gasteiger partial charge in [0.15, 0.2) is 0 Å². The van der Waals surface area contributed by atoms with Gasteiger partial charge >= 0.3 is 0 Å². The van der Waals surface area contributed by atoms with Crippen LogP contribution in [0.5, 0.6) is 0 Å². The summed E-state index contributed by atoms with van der Waals surface area (Å²) < 4.78 is 2.23. The predicted octanol–water partition coefficient (Wildman–Crippen LogP) is 1.92. The zero-order valence-corrected chi connectivity index (χ0v) is 15.8. The maximum absolute atomic E-state index is 4.69. The topological polar surface area (TPSA) is 83.8 Å². The van der Waals surface area contributed by atoms with Gasteiger partial charge < -0.3 is 20.1 Å². The highest BCUT2D eigenvalue weighted by atomic mass is 15.3. The van der Waals surface area contributed by atoms with Crippen LogP contribution < -0.4 is 15.5 Å². The fourth-order valence-corrected chi connectivity index (χ4v) is 3.93. The Labute approximate surface area is 164 Å². The molecule has 0 spiro atoms. The lowest BCUT2D eigenvalue weighted by Gasteiger charge is -2.29. The highest BCUT2D eigenvalue weighted by molar-refractivity contribution is 5.62. The summed E-state index contributed by atoms with van der Waals surface area (Å²) in [5.41, 5.74) is 3.37. The van der Waals surface area contributed by atoms with E-state index in [1.807, 2.05) is 24.5 Å². The number of hydrogen-bond acceptors (Lipinski definition) is 7. The first kappa shape index (κ1) is 17.1. The number of piperidine rings is 1. The molecule has 144 valence electrons. The molecule has 2 aliphatic rings. The molecule has 2 N–H and O–H groups in total. The molecule has 0 aliphatic carbocycles. The summed E-state index contributed by atoms with van der Waals surface area (Å²) in [6.45, 7) is 4.50. The molecular weight excluding hydrogens is 352 g/mol. The Bertz CT molecular complexity index is 932. The summed E-state index contributed by atoms with van der Waals surface area (Å²) in [5, 5.41) is 6.85. The van der Waals surface area contributed by atoms with Gasteiger partial charge in [-0.3, -0.25) is 0 Å². The molecule has 0 saturated carbocycles. The van der Waals surface area contributed by atoms with Gasteiger partial charge in [0.05, 0.1) is 24.3 Å². The molecule has 1 unspecified atom stereocenters. The van der Waals surface area contributed by atoms with Gasteiger partial charge in [0.1, 0.15) is 6.33 Å². The molecule has 2 aliphatic heterocycles. The fourth-order valence-electron chi connectivity index (χ4n) is 3.93. The number of aromatic nitrogens is 5. The van der Waals surface area contributed by atoms with Crippen LogP contribution in [0.15, 0.2) is 43.0 Å². The van der Waals surface area contributed by atoms with Gasteiger partial charge in [-0.05, 0) is 19.4 Å². The third kappa shape index (κ3) is 3.43. The second kappa shape index (κ2) is 7.55. The second-order valence-corrected chi connectivity index (χ2v) is 7.32. The van der Waals surface area contributed by atoms with Crippen LogP contribution in [0, 0.1) is 0 Å². The molecule has 1 atom stereocenters. The van der Waals surface area contributed by atoms with Gasteiger partial charge in [-0.2, -0.15) is 4.98 Å². The van der Waals surface area contributed by atoms with Gasteiger partial charge in [-0.15, -0.1) is 0 Å². The van der Waals surface area contributed by atoms with E-state index in [1.54, 1.807) is 6.33 Å². The van der Waals surface area contributed by atoms with Gasteiger partial charge in [0.2, 0.25) is 11.9 Å². The SMILES string of the molecule is c1ccc(-c2ncn3c2CN(c2ncnc(NC4CCCNC4)n2)CC3)cc1. The van der Waals surface area contributed by atoms with E-state index in [1.165, 1.54) is 12.1 Å². The van der Waals surface area contributed by atoms with E-state index >= 15 is 0 Å². The van der Waals surface area contributed by atoms with Crippen molar-refractivity contribution < 1.29 is 0 Å². The zero-order chi connectivity index (χ0) is 18.8. The molecule has 0 radical (unpaired) electrons. The van der Waals surface area contributed by atoms with Crippen LogP contribution >= 0.6 is 0 Å². The van der Waals surface area contributed by atoms with Crippen molar-refractivity contribution in [2.75, 3.05) is 29.9 Å². The number of nitrogens with one attached hydrogen (secondary N) is 2. The molecule has 4 heterocycles. The minimum absolute atomic E-state index is 0.372. The molecular formula is C20H24N8. The van der Waals surface area contributed by atoms with Gasteiger partial charge in [0.25, 0.3) is 0 Å². The smallest absolute Gasteiger partial charge is 0.230 e. The molecule has 1 fully saturated rings. The van der Waals surface area contributed by atoms with Crippen molar-refractivity contribution >= 4 is 11.9 Å². The number of anilines is 2. The average molecular weight is 376 g/mol. The lowest BCUT2D eigenvalue weighted by molar-refractivity contribution is 0.477. The van der Waals surface area contributed by atoms with E-state index in [0.29, 0.717) is 17.9 Å². The molecule has 0 amide bonds. The van der Waals surface area contributed by atoms with Crippen LogP contribution in [0.1, 0.15) is 18.5 Å². The Morgan fingerprint density at radius 3 is 2.86 bits per heavy atom. The average Bonchev–Trinajstić information content (AvgIpc) is 3.19. The van der Waals surface area contributed by atoms with Crippen LogP contribution in [-0.2, 0) is 13.1 Å². The van der Waals surface area contributed by atoms with Crippen molar-refractivity contribution in [1.29, 1.82) is 0 Å². The minimum atomic E-state index is 0.372. The van der Waals surface area contributed by atoms with Gasteiger partial charge in [-0.1, -0.05) is 30.3 Å². The highest BCUT2D eigenvalue weighted by Gasteiger charge is 2.23. The molecule has 3 aromatic rings. The third-order valence-electron chi connectivity index (χ3n) is 5.42. The molecule has 1 saturated heterocycles. The molecule has 5 rings (SSSR count). The largest absolute Gasteiger partial charge is 0.350 e. The molecule has 8 nitrogen and oxygen atoms in total. The molecule has 2 aromatic heterocycles. The van der Waals surface area contributed by atoms with E-state index in [2.05, 4.69) is 52.2 Å². The van der Waals surface area contributed by atoms with E-state index in [-0.39, 0.29) is 0 Å². The van der Waals surface area contributed by atoms with Crippen molar-refractivity contribution in [1.82, 2.24) is 29.8 Å². The quantitative estimate of drug-likeness (QED) is 0.720. The van der Waals surface area contributed by atoms with Gasteiger partial charge in [-0.25, -0.2) is 15.0 Å². The second-order valence-electron chi connectivity index (χ2n) is 7.32. The first-order valence-electron chi connectivity index (χ1n) is 9.87. The zero-order valence-electron chi connectivity index (χ0n) is 15.8. The lowest BCUT2D eigenvalue weighted by Crippen LogP contribution is -2.39. The van der Waals surface area contributed by atoms with Crippen LogP contribution in [0.3, 0.4) is 0 Å². The summed E-state index contributed by atoms with van der Waals surface area (Å²) in [6.07, 6.45) is 5.85. The number of benzene rings is 1. The Kier molecular flexibility index (Phi) is 4.62. The standard InChI is InChI=1S/C20H24N8/c1-2-5-15(6-3-1)18-17-12-27(9-10-28(17)14-24-18)20-23-13-22-19(26-20)25-16-7-4-8-21-11-16/h1-3,5-6,13-14,16,21H,4,7-12H2,(H,22,23,25,26). The van der Waals surface area contributed by atoms with Crippen molar-refractivity contribution in [2.24, 2.45) is 0 Å². The predicted molar refractivity (Wildman–Crippen MR) is 108 cm³/mol. The molecule has 0 bridgehead atoms. The first-order valence-corrected chi connectivity index (χ1v) is 9.87. The minimum Gasteiger partial charge on any atom is -0.350 e. The van der Waals surface area contributed by atoms with Crippen LogP contribution in [0.4, 0.5) is 11.9 Å². The Morgan fingerprint density at radius 2 is 2.00 bits per heavy atom. The normalized spacial score (nSPS) is 19.3. The number of hydrogen-bond donors (Lipinski definition) is 2. The first-order chi connectivity index (χ1) is 13.9. The summed E-state index contributed by atoms with van der Waals surface area (Å²) in [7, 11) is 0. The summed E-state index contributed by atoms with van der Waals surface area (Å²) in [5.74, 6) is 1.37. The van der Waals surface area contributed by atoms with E-state index in [9.17, 15) is 0 Å². The maximum Gasteiger partial charge on any atom is 0.230 e. The van der Waals surface area contributed by atoms with Crippen LogP contribution in [-0.4, -0.2) is 50.2 Å². The fraction of sp³-hybridized carbons (Fsp3) is 0.400. The molecule has 1 aromatic carbocycles. The van der Waals surface area contributed by atoms with Gasteiger partial charge in [0, 0.05) is 31.2 Å². The molecule has 8 heteroatoms. The lowest BCUT2D eigenvalue weighted by atomic mass is 10.1. The van der Waals surface area contributed by atoms with E-state index < -0.39 is 0 Å². The Morgan fingerprint density at radius 1 is 1.07 bits per heavy atom.